The van der Waals surface area contributed by atoms with Gasteiger partial charge in [0, 0.05) is 36.8 Å². The molecule has 98 valence electrons. The smallest absolute Gasteiger partial charge is 0.130 e. The van der Waals surface area contributed by atoms with E-state index in [-0.39, 0.29) is 0 Å². The summed E-state index contributed by atoms with van der Waals surface area (Å²) in [6.45, 7) is 2.53. The number of rotatable bonds is 3. The molecule has 4 heteroatoms. The highest BCUT2D eigenvalue weighted by atomic mass is 16.5. The Morgan fingerprint density at radius 2 is 2.22 bits per heavy atom. The minimum Gasteiger partial charge on any atom is -0.379 e. The first-order valence-corrected chi connectivity index (χ1v) is 7.05. The van der Waals surface area contributed by atoms with E-state index in [1.807, 2.05) is 6.20 Å². The normalized spacial score (nSPS) is 25.4. The van der Waals surface area contributed by atoms with E-state index in [4.69, 9.17) is 9.72 Å². The van der Waals surface area contributed by atoms with Crippen molar-refractivity contribution < 1.29 is 4.74 Å². The van der Waals surface area contributed by atoms with Crippen LogP contribution in [0.15, 0.2) is 12.3 Å². The molecule has 1 saturated heterocycles. The molecule has 0 radical (unpaired) electrons. The van der Waals surface area contributed by atoms with Crippen molar-refractivity contribution in [1.29, 1.82) is 0 Å². The summed E-state index contributed by atoms with van der Waals surface area (Å²) in [5, 5.41) is 3.45. The third-order valence-electron chi connectivity index (χ3n) is 3.93. The average Bonchev–Trinajstić information content (AvgIpc) is 2.94. The average molecular weight is 247 g/mol. The topological polar surface area (TPSA) is 47.0 Å². The second-order valence-electron chi connectivity index (χ2n) is 5.31. The van der Waals surface area contributed by atoms with E-state index >= 15 is 0 Å². The van der Waals surface area contributed by atoms with E-state index in [0.29, 0.717) is 12.0 Å². The second kappa shape index (κ2) is 5.76. The summed E-state index contributed by atoms with van der Waals surface area (Å²) in [6.07, 6.45) is 8.08. The maximum atomic E-state index is 5.47. The van der Waals surface area contributed by atoms with Gasteiger partial charge < -0.3 is 10.1 Å². The minimum absolute atomic E-state index is 0.373. The van der Waals surface area contributed by atoms with Crippen LogP contribution in [0.5, 0.6) is 0 Å². The van der Waals surface area contributed by atoms with Gasteiger partial charge in [-0.25, -0.2) is 9.97 Å². The number of morpholine rings is 1. The molecule has 3 rings (SSSR count). The van der Waals surface area contributed by atoms with Gasteiger partial charge in [-0.2, -0.15) is 0 Å². The van der Waals surface area contributed by atoms with Gasteiger partial charge in [-0.15, -0.1) is 0 Å². The summed E-state index contributed by atoms with van der Waals surface area (Å²) in [7, 11) is 0. The van der Waals surface area contributed by atoms with Gasteiger partial charge in [0.05, 0.1) is 13.2 Å². The van der Waals surface area contributed by atoms with Crippen molar-refractivity contribution in [1.82, 2.24) is 15.3 Å². The maximum absolute atomic E-state index is 5.47. The molecule has 1 aromatic rings. The molecule has 18 heavy (non-hydrogen) atoms. The third-order valence-corrected chi connectivity index (χ3v) is 3.93. The Labute approximate surface area is 108 Å². The highest BCUT2D eigenvalue weighted by Crippen LogP contribution is 2.32. The van der Waals surface area contributed by atoms with Gasteiger partial charge in [0.2, 0.25) is 0 Å². The lowest BCUT2D eigenvalue weighted by atomic mass is 10.0. The maximum Gasteiger partial charge on any atom is 0.130 e. The largest absolute Gasteiger partial charge is 0.379 e. The van der Waals surface area contributed by atoms with Gasteiger partial charge in [0.15, 0.2) is 0 Å². The first-order valence-electron chi connectivity index (χ1n) is 7.05. The SMILES string of the molecule is c1cc(C2CCCC2)nc(CC2COCCN2)n1. The van der Waals surface area contributed by atoms with Crippen LogP contribution in [0, 0.1) is 0 Å². The zero-order chi connectivity index (χ0) is 12.2. The molecule has 1 aliphatic carbocycles. The van der Waals surface area contributed by atoms with Gasteiger partial charge in [-0.3, -0.25) is 0 Å². The van der Waals surface area contributed by atoms with E-state index in [1.165, 1.54) is 31.4 Å². The second-order valence-corrected chi connectivity index (χ2v) is 5.31. The lowest BCUT2D eigenvalue weighted by Gasteiger charge is -2.23. The van der Waals surface area contributed by atoms with Crippen LogP contribution in [0.4, 0.5) is 0 Å². The van der Waals surface area contributed by atoms with Crippen LogP contribution < -0.4 is 5.32 Å². The molecule has 1 aromatic heterocycles. The van der Waals surface area contributed by atoms with Crippen LogP contribution in [0.1, 0.15) is 43.1 Å². The molecule has 0 aromatic carbocycles. The Hall–Kier alpha value is -1.00. The van der Waals surface area contributed by atoms with Crippen LogP contribution >= 0.6 is 0 Å². The molecule has 0 bridgehead atoms. The lowest BCUT2D eigenvalue weighted by molar-refractivity contribution is 0.0764. The van der Waals surface area contributed by atoms with Crippen molar-refractivity contribution in [3.63, 3.8) is 0 Å². The van der Waals surface area contributed by atoms with Crippen molar-refractivity contribution in [2.45, 2.75) is 44.1 Å². The molecule has 2 fully saturated rings. The Bertz CT molecular complexity index is 384. The molecular weight excluding hydrogens is 226 g/mol. The fourth-order valence-corrected chi connectivity index (χ4v) is 2.93. The molecule has 1 unspecified atom stereocenters. The number of nitrogens with zero attached hydrogens (tertiary/aromatic N) is 2. The summed E-state index contributed by atoms with van der Waals surface area (Å²) in [6, 6.07) is 2.46. The Balaban J connectivity index is 1.66. The number of ether oxygens (including phenoxy) is 1. The summed E-state index contributed by atoms with van der Waals surface area (Å²) in [5.74, 6) is 1.63. The van der Waals surface area contributed by atoms with E-state index in [9.17, 15) is 0 Å². The summed E-state index contributed by atoms with van der Waals surface area (Å²) in [4.78, 5) is 9.14. The molecule has 1 aliphatic heterocycles. The highest BCUT2D eigenvalue weighted by molar-refractivity contribution is 5.10. The van der Waals surface area contributed by atoms with E-state index in [0.717, 1.165) is 32.0 Å². The van der Waals surface area contributed by atoms with Gasteiger partial charge in [-0.1, -0.05) is 12.8 Å². The fourth-order valence-electron chi connectivity index (χ4n) is 2.93. The van der Waals surface area contributed by atoms with Gasteiger partial charge in [0.25, 0.3) is 0 Å². The van der Waals surface area contributed by atoms with E-state index in [2.05, 4.69) is 16.4 Å². The number of hydrogen-bond donors (Lipinski definition) is 1. The third kappa shape index (κ3) is 2.87. The van der Waals surface area contributed by atoms with Gasteiger partial charge >= 0.3 is 0 Å². The molecule has 2 aliphatic rings. The van der Waals surface area contributed by atoms with E-state index in [1.54, 1.807) is 0 Å². The highest BCUT2D eigenvalue weighted by Gasteiger charge is 2.20. The Kier molecular flexibility index (Phi) is 3.86. The number of nitrogens with one attached hydrogen (secondary N) is 1. The summed E-state index contributed by atoms with van der Waals surface area (Å²) in [5.41, 5.74) is 1.24. The quantitative estimate of drug-likeness (QED) is 0.882. The zero-order valence-corrected chi connectivity index (χ0v) is 10.8. The molecule has 1 atom stereocenters. The van der Waals surface area contributed by atoms with Crippen LogP contribution in [-0.2, 0) is 11.2 Å². The molecule has 1 saturated carbocycles. The van der Waals surface area contributed by atoms with Crippen molar-refractivity contribution in [2.24, 2.45) is 0 Å². The fraction of sp³-hybridized carbons (Fsp3) is 0.714. The molecule has 1 N–H and O–H groups in total. The van der Waals surface area contributed by atoms with Crippen molar-refractivity contribution in [2.75, 3.05) is 19.8 Å². The van der Waals surface area contributed by atoms with Gasteiger partial charge in [0.1, 0.15) is 5.82 Å². The van der Waals surface area contributed by atoms with Crippen LogP contribution in [0.25, 0.3) is 0 Å². The first-order chi connectivity index (χ1) is 8.92. The van der Waals surface area contributed by atoms with E-state index < -0.39 is 0 Å². The minimum atomic E-state index is 0.373. The predicted octanol–water partition coefficient (Wildman–Crippen LogP) is 1.67. The first kappa shape index (κ1) is 12.1. The van der Waals surface area contributed by atoms with Crippen molar-refractivity contribution in [3.05, 3.63) is 23.8 Å². The van der Waals surface area contributed by atoms with Gasteiger partial charge in [-0.05, 0) is 18.9 Å². The van der Waals surface area contributed by atoms with Crippen LogP contribution in [0.3, 0.4) is 0 Å². The van der Waals surface area contributed by atoms with Crippen molar-refractivity contribution >= 4 is 0 Å². The lowest BCUT2D eigenvalue weighted by Crippen LogP contribution is -2.42. The Morgan fingerprint density at radius 1 is 1.33 bits per heavy atom. The zero-order valence-electron chi connectivity index (χ0n) is 10.8. The van der Waals surface area contributed by atoms with Crippen LogP contribution in [0.2, 0.25) is 0 Å². The van der Waals surface area contributed by atoms with Crippen molar-refractivity contribution in [3.8, 4) is 0 Å². The molecule has 0 spiro atoms. The molecule has 4 nitrogen and oxygen atoms in total. The van der Waals surface area contributed by atoms with Crippen LogP contribution in [-0.4, -0.2) is 35.8 Å². The molecule has 0 amide bonds. The number of hydrogen-bond acceptors (Lipinski definition) is 4. The number of aromatic nitrogens is 2. The monoisotopic (exact) mass is 247 g/mol. The molecule has 2 heterocycles. The standard InChI is InChI=1S/C14H21N3O/c1-2-4-11(3-1)13-5-6-16-14(17-13)9-12-10-18-8-7-15-12/h5-6,11-12,15H,1-4,7-10H2. The summed E-state index contributed by atoms with van der Waals surface area (Å²) < 4.78 is 5.47. The Morgan fingerprint density at radius 3 is 3.00 bits per heavy atom. The summed E-state index contributed by atoms with van der Waals surface area (Å²) >= 11 is 0. The molecular formula is C14H21N3O. The predicted molar refractivity (Wildman–Crippen MR) is 69.6 cm³/mol.